The number of pyridine rings is 1. The van der Waals surface area contributed by atoms with Gasteiger partial charge in [0.25, 0.3) is 0 Å². The maximum atomic E-state index is 6.06. The van der Waals surface area contributed by atoms with E-state index in [1.807, 2.05) is 19.2 Å². The van der Waals surface area contributed by atoms with Crippen LogP contribution < -0.4 is 5.32 Å². The third kappa shape index (κ3) is 2.84. The van der Waals surface area contributed by atoms with Gasteiger partial charge in [0.2, 0.25) is 0 Å². The lowest BCUT2D eigenvalue weighted by atomic mass is 10.3. The molecule has 2 rings (SSSR count). The fraction of sp³-hybridized carbons (Fsp3) is 0.222. The molecule has 0 saturated heterocycles. The van der Waals surface area contributed by atoms with Gasteiger partial charge in [0.1, 0.15) is 11.3 Å². The molecule has 0 spiro atoms. The summed E-state index contributed by atoms with van der Waals surface area (Å²) in [5.74, 6) is 1.51. The summed E-state index contributed by atoms with van der Waals surface area (Å²) in [6.07, 6.45) is 0. The highest BCUT2D eigenvalue weighted by atomic mass is 35.5. The van der Waals surface area contributed by atoms with Crippen molar-refractivity contribution in [3.63, 3.8) is 0 Å². The van der Waals surface area contributed by atoms with Crippen molar-refractivity contribution in [2.45, 2.75) is 10.1 Å². The van der Waals surface area contributed by atoms with Crippen molar-refractivity contribution in [2.75, 3.05) is 12.4 Å². The predicted octanol–water partition coefficient (Wildman–Crippen LogP) is 2.92. The summed E-state index contributed by atoms with van der Waals surface area (Å²) in [6, 6.07) is 3.69. The zero-order valence-corrected chi connectivity index (χ0v) is 10.9. The summed E-state index contributed by atoms with van der Waals surface area (Å²) in [5.41, 5.74) is 2.57. The van der Waals surface area contributed by atoms with Crippen molar-refractivity contribution in [2.24, 2.45) is 0 Å². The minimum atomic E-state index is 0.677. The zero-order chi connectivity index (χ0) is 11.4. The number of aromatic nitrogens is 3. The molecule has 0 aliphatic rings. The summed E-state index contributed by atoms with van der Waals surface area (Å²) in [5, 5.41) is 11.4. The van der Waals surface area contributed by atoms with Crippen LogP contribution in [0.4, 0.5) is 5.82 Å². The Kier molecular flexibility index (Phi) is 3.98. The Bertz CT molecular complexity index is 461. The van der Waals surface area contributed by atoms with Gasteiger partial charge < -0.3 is 5.32 Å². The molecule has 0 amide bonds. The number of rotatable bonds is 4. The third-order valence-electron chi connectivity index (χ3n) is 1.85. The molecule has 0 radical (unpaired) electrons. The third-order valence-corrected chi connectivity index (χ3v) is 4.06. The van der Waals surface area contributed by atoms with Crippen LogP contribution in [0, 0.1) is 0 Å². The van der Waals surface area contributed by atoms with E-state index in [1.165, 1.54) is 11.3 Å². The first-order chi connectivity index (χ1) is 7.79. The summed E-state index contributed by atoms with van der Waals surface area (Å²) in [7, 11) is 1.83. The maximum Gasteiger partial charge on any atom is 0.174 e. The standard InChI is InChI=1S/C9H9ClN4S2/c1-11-8-3-2-6(10)7(13-8)4-15-9-14-12-5-16-9/h2-3,5H,4H2,1H3,(H,11,13). The van der Waals surface area contributed by atoms with E-state index >= 15 is 0 Å². The van der Waals surface area contributed by atoms with Crippen LogP contribution in [0.15, 0.2) is 22.0 Å². The van der Waals surface area contributed by atoms with Crippen LogP contribution in [0.25, 0.3) is 0 Å². The number of halogens is 1. The Morgan fingerprint density at radius 3 is 3.06 bits per heavy atom. The molecule has 2 aromatic rings. The van der Waals surface area contributed by atoms with Crippen LogP contribution in [0.2, 0.25) is 5.02 Å². The number of nitrogens with one attached hydrogen (secondary N) is 1. The fourth-order valence-electron chi connectivity index (χ4n) is 1.08. The van der Waals surface area contributed by atoms with E-state index in [1.54, 1.807) is 17.3 Å². The predicted molar refractivity (Wildman–Crippen MR) is 68.3 cm³/mol. The zero-order valence-electron chi connectivity index (χ0n) is 8.48. The Hall–Kier alpha value is -0.850. The number of hydrogen-bond donors (Lipinski definition) is 1. The van der Waals surface area contributed by atoms with Gasteiger partial charge in [0.05, 0.1) is 10.7 Å². The molecule has 0 bridgehead atoms. The second-order valence-corrected chi connectivity index (χ2v) is 5.33. The lowest BCUT2D eigenvalue weighted by Crippen LogP contribution is -1.96. The quantitative estimate of drug-likeness (QED) is 0.868. The smallest absolute Gasteiger partial charge is 0.174 e. The highest BCUT2D eigenvalue weighted by Crippen LogP contribution is 2.26. The molecule has 0 atom stereocenters. The van der Waals surface area contributed by atoms with Crippen LogP contribution in [-0.4, -0.2) is 22.2 Å². The molecular weight excluding hydrogens is 264 g/mol. The van der Waals surface area contributed by atoms with Crippen molar-refractivity contribution in [3.8, 4) is 0 Å². The molecule has 0 unspecified atom stereocenters. The Balaban J connectivity index is 2.08. The summed E-state index contributed by atoms with van der Waals surface area (Å²) >= 11 is 9.15. The molecule has 0 aliphatic carbocycles. The van der Waals surface area contributed by atoms with Crippen LogP contribution in [0.5, 0.6) is 0 Å². The molecule has 4 nitrogen and oxygen atoms in total. The SMILES string of the molecule is CNc1ccc(Cl)c(CSc2nncs2)n1. The average Bonchev–Trinajstić information content (AvgIpc) is 2.81. The molecule has 7 heteroatoms. The topological polar surface area (TPSA) is 50.7 Å². The van der Waals surface area contributed by atoms with Gasteiger partial charge in [-0.15, -0.1) is 10.2 Å². The Morgan fingerprint density at radius 1 is 1.50 bits per heavy atom. The maximum absolute atomic E-state index is 6.06. The van der Waals surface area contributed by atoms with Crippen molar-refractivity contribution in [1.29, 1.82) is 0 Å². The first kappa shape index (κ1) is 11.6. The average molecular weight is 273 g/mol. The highest BCUT2D eigenvalue weighted by molar-refractivity contribution is 8.00. The Morgan fingerprint density at radius 2 is 2.38 bits per heavy atom. The molecule has 84 valence electrons. The van der Waals surface area contributed by atoms with Crippen LogP contribution in [0.3, 0.4) is 0 Å². The lowest BCUT2D eigenvalue weighted by Gasteiger charge is -2.04. The van der Waals surface area contributed by atoms with E-state index in [0.29, 0.717) is 10.8 Å². The van der Waals surface area contributed by atoms with Crippen LogP contribution in [0.1, 0.15) is 5.69 Å². The van der Waals surface area contributed by atoms with Gasteiger partial charge >= 0.3 is 0 Å². The number of anilines is 1. The normalized spacial score (nSPS) is 10.4. The summed E-state index contributed by atoms with van der Waals surface area (Å²) < 4.78 is 0.924. The van der Waals surface area contributed by atoms with Crippen molar-refractivity contribution < 1.29 is 0 Å². The first-order valence-electron chi connectivity index (χ1n) is 4.51. The van der Waals surface area contributed by atoms with Gasteiger partial charge in [0, 0.05) is 12.8 Å². The highest BCUT2D eigenvalue weighted by Gasteiger charge is 2.06. The molecule has 0 saturated carbocycles. The second-order valence-electron chi connectivity index (χ2n) is 2.87. The monoisotopic (exact) mass is 272 g/mol. The first-order valence-corrected chi connectivity index (χ1v) is 6.76. The lowest BCUT2D eigenvalue weighted by molar-refractivity contribution is 1.01. The summed E-state index contributed by atoms with van der Waals surface area (Å²) in [4.78, 5) is 4.38. The molecule has 2 aromatic heterocycles. The molecule has 0 aromatic carbocycles. The Labute approximate surface area is 106 Å². The number of thioether (sulfide) groups is 1. The van der Waals surface area contributed by atoms with Gasteiger partial charge in [-0.25, -0.2) is 4.98 Å². The van der Waals surface area contributed by atoms with Gasteiger partial charge in [0.15, 0.2) is 4.34 Å². The minimum absolute atomic E-state index is 0.677. The largest absolute Gasteiger partial charge is 0.373 e. The molecule has 2 heterocycles. The number of hydrogen-bond acceptors (Lipinski definition) is 6. The van der Waals surface area contributed by atoms with Crippen LogP contribution in [-0.2, 0) is 5.75 Å². The van der Waals surface area contributed by atoms with Crippen molar-refractivity contribution in [1.82, 2.24) is 15.2 Å². The molecule has 0 fully saturated rings. The van der Waals surface area contributed by atoms with Crippen molar-refractivity contribution >= 4 is 40.5 Å². The number of nitrogens with zero attached hydrogens (tertiary/aromatic N) is 3. The second kappa shape index (κ2) is 5.47. The van der Waals surface area contributed by atoms with Crippen LogP contribution >= 0.6 is 34.7 Å². The molecule has 16 heavy (non-hydrogen) atoms. The molecule has 1 N–H and O–H groups in total. The van der Waals surface area contributed by atoms with Gasteiger partial charge in [-0.05, 0) is 12.1 Å². The summed E-state index contributed by atoms with van der Waals surface area (Å²) in [6.45, 7) is 0. The van der Waals surface area contributed by atoms with Crippen molar-refractivity contribution in [3.05, 3.63) is 28.4 Å². The van der Waals surface area contributed by atoms with Gasteiger partial charge in [-0.3, -0.25) is 0 Å². The van der Waals surface area contributed by atoms with E-state index in [-0.39, 0.29) is 0 Å². The van der Waals surface area contributed by atoms with E-state index in [0.717, 1.165) is 15.9 Å². The minimum Gasteiger partial charge on any atom is -0.373 e. The molecule has 0 aliphatic heterocycles. The van der Waals surface area contributed by atoms with Gasteiger partial charge in [-0.2, -0.15) is 0 Å². The fourth-order valence-corrected chi connectivity index (χ4v) is 2.77. The van der Waals surface area contributed by atoms with E-state index in [4.69, 9.17) is 11.6 Å². The van der Waals surface area contributed by atoms with E-state index < -0.39 is 0 Å². The van der Waals surface area contributed by atoms with E-state index in [9.17, 15) is 0 Å². The molecular formula is C9H9ClN4S2. The van der Waals surface area contributed by atoms with Gasteiger partial charge in [-0.1, -0.05) is 34.7 Å². The van der Waals surface area contributed by atoms with E-state index in [2.05, 4.69) is 20.5 Å².